The Hall–Kier alpha value is -3.71. The van der Waals surface area contributed by atoms with E-state index in [1.807, 2.05) is 0 Å². The molecule has 6 atom stereocenters. The van der Waals surface area contributed by atoms with Crippen molar-refractivity contribution < 1.29 is 57.1 Å². The molecule has 1 fully saturated rings. The van der Waals surface area contributed by atoms with E-state index in [4.69, 9.17) is 33.2 Å². The highest BCUT2D eigenvalue weighted by atomic mass is 16.7. The Morgan fingerprint density at radius 2 is 1.54 bits per heavy atom. The summed E-state index contributed by atoms with van der Waals surface area (Å²) < 4.78 is 37.2. The Bertz CT molecular complexity index is 952. The number of rotatable bonds is 11. The SMILES string of the molecule is CCOC(=O)C(NC(=O)OCc1ccccc1)C(OC(C)=O)[C@H]1O[C@@H](OC)C(OC(C)=O)C1OC(C)=O. The van der Waals surface area contributed by atoms with Crippen LogP contribution < -0.4 is 5.32 Å². The Balaban J connectivity index is 2.39. The lowest BCUT2D eigenvalue weighted by atomic mass is 9.99. The van der Waals surface area contributed by atoms with Crippen molar-refractivity contribution in [3.05, 3.63) is 35.9 Å². The van der Waals surface area contributed by atoms with Gasteiger partial charge < -0.3 is 38.5 Å². The van der Waals surface area contributed by atoms with Crippen LogP contribution >= 0.6 is 0 Å². The van der Waals surface area contributed by atoms with Gasteiger partial charge in [-0.25, -0.2) is 9.59 Å². The molecular weight excluding hydrogens is 494 g/mol. The average molecular weight is 526 g/mol. The van der Waals surface area contributed by atoms with E-state index in [1.54, 1.807) is 30.3 Å². The molecule has 1 aliphatic heterocycles. The highest BCUT2D eigenvalue weighted by molar-refractivity contribution is 5.82. The molecule has 0 spiro atoms. The van der Waals surface area contributed by atoms with Gasteiger partial charge in [0.1, 0.15) is 12.7 Å². The molecule has 1 N–H and O–H groups in total. The van der Waals surface area contributed by atoms with Crippen LogP contribution in [0.4, 0.5) is 4.79 Å². The molecule has 1 amide bonds. The predicted molar refractivity (Wildman–Crippen MR) is 123 cm³/mol. The van der Waals surface area contributed by atoms with Crippen LogP contribution in [0, 0.1) is 0 Å². The molecule has 4 unspecified atom stereocenters. The Morgan fingerprint density at radius 1 is 0.919 bits per heavy atom. The summed E-state index contributed by atoms with van der Waals surface area (Å²) in [5.41, 5.74) is 0.683. The third-order valence-electron chi connectivity index (χ3n) is 5.02. The number of alkyl carbamates (subject to hydrolysis) is 1. The van der Waals surface area contributed by atoms with Crippen molar-refractivity contribution in [2.45, 2.75) is 71.0 Å². The van der Waals surface area contributed by atoms with Gasteiger partial charge in [0.2, 0.25) is 0 Å². The van der Waals surface area contributed by atoms with Crippen molar-refractivity contribution in [3.63, 3.8) is 0 Å². The first-order valence-corrected chi connectivity index (χ1v) is 11.4. The largest absolute Gasteiger partial charge is 0.464 e. The van der Waals surface area contributed by atoms with Crippen LogP contribution in [0.25, 0.3) is 0 Å². The lowest BCUT2D eigenvalue weighted by molar-refractivity contribution is -0.191. The number of nitrogens with one attached hydrogen (secondary N) is 1. The summed E-state index contributed by atoms with van der Waals surface area (Å²) in [6, 6.07) is 7.10. The van der Waals surface area contributed by atoms with E-state index in [0.717, 1.165) is 20.8 Å². The number of hydrogen-bond donors (Lipinski definition) is 1. The van der Waals surface area contributed by atoms with Crippen LogP contribution in [0.3, 0.4) is 0 Å². The van der Waals surface area contributed by atoms with Crippen LogP contribution in [0.1, 0.15) is 33.3 Å². The minimum Gasteiger partial charge on any atom is -0.464 e. The standard InChI is InChI=1S/C24H31NO12/c1-6-32-22(29)17(25-24(30)33-12-16-10-8-7-9-11-16)18(34-13(2)26)19-20(35-14(3)27)21(36-15(4)28)23(31-5)37-19/h7-11,17-21,23H,6,12H2,1-5H3,(H,25,30)/t17?,18?,19-,20?,21?,23-/m1/s1. The smallest absolute Gasteiger partial charge is 0.408 e. The summed E-state index contributed by atoms with van der Waals surface area (Å²) >= 11 is 0. The minimum absolute atomic E-state index is 0.0709. The summed E-state index contributed by atoms with van der Waals surface area (Å²) in [6.45, 7) is 4.64. The Morgan fingerprint density at radius 3 is 2.08 bits per heavy atom. The molecule has 2 rings (SSSR count). The molecule has 13 nitrogen and oxygen atoms in total. The first-order chi connectivity index (χ1) is 17.6. The van der Waals surface area contributed by atoms with Crippen LogP contribution in [0.15, 0.2) is 30.3 Å². The molecule has 204 valence electrons. The third kappa shape index (κ3) is 8.72. The molecule has 0 aromatic heterocycles. The molecule has 1 aliphatic rings. The number of amides is 1. The Labute approximate surface area is 213 Å². The normalized spacial score (nSPS) is 22.2. The summed E-state index contributed by atoms with van der Waals surface area (Å²) in [4.78, 5) is 61.1. The monoisotopic (exact) mass is 525 g/mol. The molecular formula is C24H31NO12. The lowest BCUT2D eigenvalue weighted by Crippen LogP contribution is -2.58. The zero-order valence-corrected chi connectivity index (χ0v) is 21.2. The van der Waals surface area contributed by atoms with E-state index in [2.05, 4.69) is 5.32 Å². The number of esters is 4. The lowest BCUT2D eigenvalue weighted by Gasteiger charge is -2.32. The van der Waals surface area contributed by atoms with E-state index in [1.165, 1.54) is 14.0 Å². The van der Waals surface area contributed by atoms with Gasteiger partial charge in [0.15, 0.2) is 30.6 Å². The van der Waals surface area contributed by atoms with Gasteiger partial charge >= 0.3 is 30.0 Å². The predicted octanol–water partition coefficient (Wildman–Crippen LogP) is 1.01. The zero-order chi connectivity index (χ0) is 27.5. The van der Waals surface area contributed by atoms with Crippen molar-refractivity contribution >= 4 is 30.0 Å². The number of benzene rings is 1. The fourth-order valence-electron chi connectivity index (χ4n) is 3.66. The number of ether oxygens (including phenoxy) is 7. The second-order valence-corrected chi connectivity index (χ2v) is 7.86. The van der Waals surface area contributed by atoms with Crippen molar-refractivity contribution in [1.82, 2.24) is 5.32 Å². The molecule has 0 aliphatic carbocycles. The fourth-order valence-corrected chi connectivity index (χ4v) is 3.66. The van der Waals surface area contributed by atoms with Gasteiger partial charge in [-0.1, -0.05) is 30.3 Å². The summed E-state index contributed by atoms with van der Waals surface area (Å²) in [6.07, 6.45) is -7.98. The quantitative estimate of drug-likeness (QED) is 0.323. The van der Waals surface area contributed by atoms with E-state index < -0.39 is 66.7 Å². The Kier molecular flexibility index (Phi) is 11.3. The second kappa shape index (κ2) is 14.1. The maximum atomic E-state index is 12.9. The van der Waals surface area contributed by atoms with Crippen molar-refractivity contribution in [2.24, 2.45) is 0 Å². The molecule has 1 aromatic rings. The summed E-state index contributed by atoms with van der Waals surface area (Å²) in [5, 5.41) is 2.33. The topological polar surface area (TPSA) is 162 Å². The summed E-state index contributed by atoms with van der Waals surface area (Å²) in [7, 11) is 1.25. The van der Waals surface area contributed by atoms with Crippen LogP contribution in [-0.2, 0) is 58.9 Å². The summed E-state index contributed by atoms with van der Waals surface area (Å²) in [5.74, 6) is -3.35. The minimum atomic E-state index is -1.66. The van der Waals surface area contributed by atoms with Crippen molar-refractivity contribution in [1.29, 1.82) is 0 Å². The number of carbonyl (C=O) groups excluding carboxylic acids is 5. The maximum absolute atomic E-state index is 12.9. The first-order valence-electron chi connectivity index (χ1n) is 11.4. The van der Waals surface area contributed by atoms with E-state index in [0.29, 0.717) is 5.56 Å². The maximum Gasteiger partial charge on any atom is 0.408 e. The van der Waals surface area contributed by atoms with Gasteiger partial charge in [0, 0.05) is 27.9 Å². The average Bonchev–Trinajstić information content (AvgIpc) is 3.16. The molecule has 0 saturated carbocycles. The second-order valence-electron chi connectivity index (χ2n) is 7.86. The number of carbonyl (C=O) groups is 5. The van der Waals surface area contributed by atoms with E-state index in [9.17, 15) is 24.0 Å². The van der Waals surface area contributed by atoms with Gasteiger partial charge in [-0.2, -0.15) is 0 Å². The van der Waals surface area contributed by atoms with Gasteiger partial charge in [0.25, 0.3) is 0 Å². The molecule has 13 heteroatoms. The van der Waals surface area contributed by atoms with Gasteiger partial charge in [-0.05, 0) is 12.5 Å². The molecule has 0 bridgehead atoms. The van der Waals surface area contributed by atoms with E-state index in [-0.39, 0.29) is 13.2 Å². The third-order valence-corrected chi connectivity index (χ3v) is 5.02. The van der Waals surface area contributed by atoms with Crippen molar-refractivity contribution in [2.75, 3.05) is 13.7 Å². The van der Waals surface area contributed by atoms with E-state index >= 15 is 0 Å². The molecule has 1 saturated heterocycles. The van der Waals surface area contributed by atoms with Crippen LogP contribution in [0.5, 0.6) is 0 Å². The number of methoxy groups -OCH3 is 1. The van der Waals surface area contributed by atoms with Crippen LogP contribution in [-0.4, -0.2) is 80.4 Å². The molecule has 37 heavy (non-hydrogen) atoms. The van der Waals surface area contributed by atoms with Crippen molar-refractivity contribution in [3.8, 4) is 0 Å². The van der Waals surface area contributed by atoms with Gasteiger partial charge in [-0.3, -0.25) is 14.4 Å². The van der Waals surface area contributed by atoms with Gasteiger partial charge in [0.05, 0.1) is 6.61 Å². The fraction of sp³-hybridized carbons (Fsp3) is 0.542. The molecule has 0 radical (unpaired) electrons. The highest BCUT2D eigenvalue weighted by Crippen LogP contribution is 2.32. The van der Waals surface area contributed by atoms with Crippen LogP contribution in [0.2, 0.25) is 0 Å². The first kappa shape index (κ1) is 29.5. The number of hydrogen-bond acceptors (Lipinski definition) is 12. The zero-order valence-electron chi connectivity index (χ0n) is 21.2. The highest BCUT2D eigenvalue weighted by Gasteiger charge is 2.56. The molecule has 1 heterocycles. The molecule has 1 aromatic carbocycles. The van der Waals surface area contributed by atoms with Gasteiger partial charge in [-0.15, -0.1) is 0 Å².